The van der Waals surface area contributed by atoms with Crippen molar-refractivity contribution >= 4 is 11.6 Å². The standard InChI is InChI=1S/C10H14ClFN2/c1-13-6-10(14-2)7-3-4-9(12)8(11)5-7/h3-5,10,13-14H,6H2,1-2H3. The summed E-state index contributed by atoms with van der Waals surface area (Å²) >= 11 is 5.69. The Morgan fingerprint density at radius 3 is 2.64 bits per heavy atom. The largest absolute Gasteiger partial charge is 0.318 e. The van der Waals surface area contributed by atoms with Crippen molar-refractivity contribution in [2.45, 2.75) is 6.04 Å². The Kier molecular flexibility index (Phi) is 4.32. The lowest BCUT2D eigenvalue weighted by atomic mass is 10.1. The zero-order chi connectivity index (χ0) is 10.6. The molecule has 4 heteroatoms. The Morgan fingerprint density at radius 1 is 1.43 bits per heavy atom. The van der Waals surface area contributed by atoms with Gasteiger partial charge >= 0.3 is 0 Å². The minimum atomic E-state index is -0.380. The molecule has 14 heavy (non-hydrogen) atoms. The highest BCUT2D eigenvalue weighted by Gasteiger charge is 2.09. The smallest absolute Gasteiger partial charge is 0.141 e. The molecule has 78 valence electrons. The minimum absolute atomic E-state index is 0.151. The van der Waals surface area contributed by atoms with Crippen LogP contribution in [0.3, 0.4) is 0 Å². The third-order valence-electron chi connectivity index (χ3n) is 2.10. The molecule has 0 spiro atoms. The predicted octanol–water partition coefficient (Wildman–Crippen LogP) is 1.96. The fraction of sp³-hybridized carbons (Fsp3) is 0.400. The van der Waals surface area contributed by atoms with Gasteiger partial charge in [-0.2, -0.15) is 0 Å². The molecular weight excluding hydrogens is 203 g/mol. The van der Waals surface area contributed by atoms with Crippen LogP contribution in [0.4, 0.5) is 4.39 Å². The normalized spacial score (nSPS) is 12.9. The van der Waals surface area contributed by atoms with Gasteiger partial charge in [0.25, 0.3) is 0 Å². The summed E-state index contributed by atoms with van der Waals surface area (Å²) in [6.45, 7) is 0.776. The van der Waals surface area contributed by atoms with E-state index in [0.717, 1.165) is 12.1 Å². The minimum Gasteiger partial charge on any atom is -0.318 e. The summed E-state index contributed by atoms with van der Waals surface area (Å²) < 4.78 is 12.9. The first-order chi connectivity index (χ1) is 6.69. The van der Waals surface area contributed by atoms with Crippen molar-refractivity contribution in [2.24, 2.45) is 0 Å². The summed E-state index contributed by atoms with van der Waals surface area (Å²) in [6, 6.07) is 4.92. The molecule has 0 amide bonds. The number of nitrogens with one attached hydrogen (secondary N) is 2. The Morgan fingerprint density at radius 2 is 2.14 bits per heavy atom. The third-order valence-corrected chi connectivity index (χ3v) is 2.39. The highest BCUT2D eigenvalue weighted by molar-refractivity contribution is 6.30. The summed E-state index contributed by atoms with van der Waals surface area (Å²) in [6.07, 6.45) is 0. The van der Waals surface area contributed by atoms with Gasteiger partial charge in [-0.15, -0.1) is 0 Å². The maximum Gasteiger partial charge on any atom is 0.141 e. The van der Waals surface area contributed by atoms with E-state index in [-0.39, 0.29) is 16.9 Å². The average Bonchev–Trinajstić information content (AvgIpc) is 2.19. The van der Waals surface area contributed by atoms with E-state index in [2.05, 4.69) is 10.6 Å². The number of halogens is 2. The molecule has 1 atom stereocenters. The lowest BCUT2D eigenvalue weighted by molar-refractivity contribution is 0.555. The summed E-state index contributed by atoms with van der Waals surface area (Å²) in [4.78, 5) is 0. The van der Waals surface area contributed by atoms with Crippen LogP contribution in [0.2, 0.25) is 5.02 Å². The van der Waals surface area contributed by atoms with E-state index in [1.165, 1.54) is 6.07 Å². The molecule has 1 aromatic rings. The fourth-order valence-electron chi connectivity index (χ4n) is 1.32. The van der Waals surface area contributed by atoms with Crippen molar-refractivity contribution in [3.05, 3.63) is 34.6 Å². The van der Waals surface area contributed by atoms with E-state index >= 15 is 0 Å². The van der Waals surface area contributed by atoms with Crippen LogP contribution in [0.1, 0.15) is 11.6 Å². The second-order valence-corrected chi connectivity index (χ2v) is 3.48. The molecule has 0 aliphatic carbocycles. The van der Waals surface area contributed by atoms with E-state index in [1.807, 2.05) is 14.1 Å². The van der Waals surface area contributed by atoms with Gasteiger partial charge in [0, 0.05) is 12.6 Å². The molecule has 1 rings (SSSR count). The number of hydrogen-bond acceptors (Lipinski definition) is 2. The second kappa shape index (κ2) is 5.29. The van der Waals surface area contributed by atoms with Gasteiger partial charge in [0.1, 0.15) is 5.82 Å². The predicted molar refractivity (Wildman–Crippen MR) is 57.1 cm³/mol. The Balaban J connectivity index is 2.88. The van der Waals surface area contributed by atoms with Crippen LogP contribution in [0, 0.1) is 5.82 Å². The maximum atomic E-state index is 12.9. The van der Waals surface area contributed by atoms with Crippen LogP contribution in [0.15, 0.2) is 18.2 Å². The van der Waals surface area contributed by atoms with Gasteiger partial charge in [0.05, 0.1) is 5.02 Å². The van der Waals surface area contributed by atoms with Gasteiger partial charge in [-0.1, -0.05) is 17.7 Å². The fourth-order valence-corrected chi connectivity index (χ4v) is 1.51. The van der Waals surface area contributed by atoms with Crippen molar-refractivity contribution in [3.63, 3.8) is 0 Å². The molecule has 0 fully saturated rings. The molecule has 1 aromatic carbocycles. The van der Waals surface area contributed by atoms with Gasteiger partial charge < -0.3 is 10.6 Å². The van der Waals surface area contributed by atoms with E-state index in [1.54, 1.807) is 12.1 Å². The summed E-state index contributed by atoms with van der Waals surface area (Å²) in [5, 5.41) is 6.34. The molecule has 1 unspecified atom stereocenters. The molecule has 0 saturated carbocycles. The Bertz CT molecular complexity index is 304. The van der Waals surface area contributed by atoms with E-state index in [0.29, 0.717) is 0 Å². The first-order valence-corrected chi connectivity index (χ1v) is 4.83. The Hall–Kier alpha value is -0.640. The molecule has 0 aliphatic heterocycles. The monoisotopic (exact) mass is 216 g/mol. The first kappa shape index (κ1) is 11.4. The quantitative estimate of drug-likeness (QED) is 0.804. The summed E-state index contributed by atoms with van der Waals surface area (Å²) in [5.74, 6) is -0.380. The van der Waals surface area contributed by atoms with Crippen molar-refractivity contribution in [2.75, 3.05) is 20.6 Å². The lowest BCUT2D eigenvalue weighted by Gasteiger charge is -2.16. The third kappa shape index (κ3) is 2.67. The highest BCUT2D eigenvalue weighted by atomic mass is 35.5. The summed E-state index contributed by atoms with van der Waals surface area (Å²) in [7, 11) is 3.73. The SMILES string of the molecule is CNCC(NC)c1ccc(F)c(Cl)c1. The maximum absolute atomic E-state index is 12.9. The van der Waals surface area contributed by atoms with Gasteiger partial charge in [0.15, 0.2) is 0 Å². The van der Waals surface area contributed by atoms with Crippen LogP contribution in [0.5, 0.6) is 0 Å². The van der Waals surface area contributed by atoms with Crippen molar-refractivity contribution < 1.29 is 4.39 Å². The van der Waals surface area contributed by atoms with Crippen LogP contribution in [-0.4, -0.2) is 20.6 Å². The number of hydrogen-bond donors (Lipinski definition) is 2. The van der Waals surface area contributed by atoms with Crippen LogP contribution >= 0.6 is 11.6 Å². The lowest BCUT2D eigenvalue weighted by Crippen LogP contribution is -2.27. The van der Waals surface area contributed by atoms with E-state index in [9.17, 15) is 4.39 Å². The number of rotatable bonds is 4. The van der Waals surface area contributed by atoms with Gasteiger partial charge in [-0.25, -0.2) is 4.39 Å². The second-order valence-electron chi connectivity index (χ2n) is 3.07. The van der Waals surface area contributed by atoms with Gasteiger partial charge in [-0.3, -0.25) is 0 Å². The topological polar surface area (TPSA) is 24.1 Å². The van der Waals surface area contributed by atoms with Crippen molar-refractivity contribution in [1.29, 1.82) is 0 Å². The van der Waals surface area contributed by atoms with E-state index in [4.69, 9.17) is 11.6 Å². The highest BCUT2D eigenvalue weighted by Crippen LogP contribution is 2.20. The summed E-state index contributed by atoms with van der Waals surface area (Å²) in [5.41, 5.74) is 0.980. The molecule has 2 nitrogen and oxygen atoms in total. The molecular formula is C10H14ClFN2. The van der Waals surface area contributed by atoms with Crippen LogP contribution < -0.4 is 10.6 Å². The van der Waals surface area contributed by atoms with Crippen LogP contribution in [0.25, 0.3) is 0 Å². The van der Waals surface area contributed by atoms with Gasteiger partial charge in [0.2, 0.25) is 0 Å². The molecule has 2 N–H and O–H groups in total. The Labute approximate surface area is 88.5 Å². The van der Waals surface area contributed by atoms with Crippen molar-refractivity contribution in [3.8, 4) is 0 Å². The number of likely N-dealkylation sites (N-methyl/N-ethyl adjacent to an activating group) is 2. The van der Waals surface area contributed by atoms with Crippen molar-refractivity contribution in [1.82, 2.24) is 10.6 Å². The molecule has 0 radical (unpaired) electrons. The number of benzene rings is 1. The molecule has 0 heterocycles. The molecule has 0 aromatic heterocycles. The zero-order valence-corrected chi connectivity index (χ0v) is 9.03. The molecule has 0 bridgehead atoms. The molecule has 0 saturated heterocycles. The zero-order valence-electron chi connectivity index (χ0n) is 8.27. The van der Waals surface area contributed by atoms with Crippen LogP contribution in [-0.2, 0) is 0 Å². The van der Waals surface area contributed by atoms with Gasteiger partial charge in [-0.05, 0) is 31.8 Å². The van der Waals surface area contributed by atoms with E-state index < -0.39 is 0 Å². The molecule has 0 aliphatic rings. The first-order valence-electron chi connectivity index (χ1n) is 4.46. The average molecular weight is 217 g/mol.